The van der Waals surface area contributed by atoms with E-state index < -0.39 is 0 Å². The van der Waals surface area contributed by atoms with Gasteiger partial charge in [0, 0.05) is 22.9 Å². The molecule has 0 saturated carbocycles. The van der Waals surface area contributed by atoms with Crippen LogP contribution in [0.4, 0.5) is 0 Å². The molecule has 0 unspecified atom stereocenters. The zero-order valence-electron chi connectivity index (χ0n) is 11.7. The number of ether oxygens (including phenoxy) is 2. The quantitative estimate of drug-likeness (QED) is 0.918. The number of fused-ring (bicyclic) bond motifs is 1. The molecule has 0 atom stereocenters. The molecule has 0 amide bonds. The van der Waals surface area contributed by atoms with Crippen molar-refractivity contribution >= 4 is 10.8 Å². The Labute approximate surface area is 113 Å². The second-order valence-corrected chi connectivity index (χ2v) is 4.74. The van der Waals surface area contributed by atoms with E-state index in [9.17, 15) is 5.11 Å². The van der Waals surface area contributed by atoms with Crippen molar-refractivity contribution < 1.29 is 14.6 Å². The molecular formula is C15H19NO3. The molecule has 2 aromatic rings. The Morgan fingerprint density at radius 3 is 2.37 bits per heavy atom. The SMILES string of the molecule is COc1ccc2c(OC)cc(CN(C)C)c(O)c2c1. The normalized spacial score (nSPS) is 11.0. The first kappa shape index (κ1) is 13.5. The molecule has 0 aliphatic rings. The van der Waals surface area contributed by atoms with Crippen molar-refractivity contribution in [1.29, 1.82) is 0 Å². The van der Waals surface area contributed by atoms with E-state index in [4.69, 9.17) is 9.47 Å². The average molecular weight is 261 g/mol. The summed E-state index contributed by atoms with van der Waals surface area (Å²) in [5.74, 6) is 1.75. The third-order valence-corrected chi connectivity index (χ3v) is 3.06. The minimum absolute atomic E-state index is 0.281. The molecule has 102 valence electrons. The molecule has 0 aliphatic heterocycles. The van der Waals surface area contributed by atoms with Crippen molar-refractivity contribution in [2.24, 2.45) is 0 Å². The van der Waals surface area contributed by atoms with E-state index in [2.05, 4.69) is 0 Å². The Morgan fingerprint density at radius 2 is 1.79 bits per heavy atom. The first-order valence-electron chi connectivity index (χ1n) is 6.08. The van der Waals surface area contributed by atoms with Crippen LogP contribution in [-0.2, 0) is 6.54 Å². The minimum atomic E-state index is 0.281. The highest BCUT2D eigenvalue weighted by Crippen LogP contribution is 2.38. The first-order valence-corrected chi connectivity index (χ1v) is 6.08. The maximum Gasteiger partial charge on any atom is 0.128 e. The first-order chi connectivity index (χ1) is 9.06. The van der Waals surface area contributed by atoms with Crippen LogP contribution in [0.25, 0.3) is 10.8 Å². The van der Waals surface area contributed by atoms with Crippen molar-refractivity contribution in [3.63, 3.8) is 0 Å². The lowest BCUT2D eigenvalue weighted by molar-refractivity contribution is 0.382. The van der Waals surface area contributed by atoms with E-state index >= 15 is 0 Å². The van der Waals surface area contributed by atoms with E-state index in [1.807, 2.05) is 43.3 Å². The Morgan fingerprint density at radius 1 is 1.05 bits per heavy atom. The predicted octanol–water partition coefficient (Wildman–Crippen LogP) is 2.62. The summed E-state index contributed by atoms with van der Waals surface area (Å²) >= 11 is 0. The van der Waals surface area contributed by atoms with E-state index in [0.717, 1.165) is 22.1 Å². The number of hydrogen-bond donors (Lipinski definition) is 1. The summed E-state index contributed by atoms with van der Waals surface area (Å²) in [4.78, 5) is 2.00. The topological polar surface area (TPSA) is 41.9 Å². The molecule has 0 aromatic heterocycles. The standard InChI is InChI=1S/C15H19NO3/c1-16(2)9-10-7-14(19-4)12-6-5-11(18-3)8-13(12)15(10)17/h5-8,17H,9H2,1-4H3. The maximum atomic E-state index is 10.4. The molecule has 19 heavy (non-hydrogen) atoms. The summed E-state index contributed by atoms with van der Waals surface area (Å²) in [5, 5.41) is 12.0. The molecule has 0 bridgehead atoms. The average Bonchev–Trinajstić information content (AvgIpc) is 2.41. The van der Waals surface area contributed by atoms with E-state index in [1.165, 1.54) is 0 Å². The van der Waals surface area contributed by atoms with Gasteiger partial charge in [-0.25, -0.2) is 0 Å². The van der Waals surface area contributed by atoms with Gasteiger partial charge in [-0.3, -0.25) is 0 Å². The van der Waals surface area contributed by atoms with Crippen molar-refractivity contribution in [3.8, 4) is 17.2 Å². The van der Waals surface area contributed by atoms with Crippen LogP contribution in [0.3, 0.4) is 0 Å². The van der Waals surface area contributed by atoms with Gasteiger partial charge in [0.05, 0.1) is 14.2 Å². The second-order valence-electron chi connectivity index (χ2n) is 4.74. The molecule has 0 heterocycles. The molecule has 4 nitrogen and oxygen atoms in total. The number of nitrogens with zero attached hydrogens (tertiary/aromatic N) is 1. The molecule has 1 N–H and O–H groups in total. The van der Waals surface area contributed by atoms with Gasteiger partial charge in [0.15, 0.2) is 0 Å². The lowest BCUT2D eigenvalue weighted by atomic mass is 10.0. The molecule has 0 saturated heterocycles. The van der Waals surface area contributed by atoms with Crippen LogP contribution in [0.15, 0.2) is 24.3 Å². The highest BCUT2D eigenvalue weighted by atomic mass is 16.5. The van der Waals surface area contributed by atoms with Crippen molar-refractivity contribution in [3.05, 3.63) is 29.8 Å². The van der Waals surface area contributed by atoms with Gasteiger partial charge in [-0.05, 0) is 38.4 Å². The third kappa shape index (κ3) is 2.58. The van der Waals surface area contributed by atoms with Crippen LogP contribution in [0, 0.1) is 0 Å². The van der Waals surface area contributed by atoms with Gasteiger partial charge in [-0.1, -0.05) is 0 Å². The Hall–Kier alpha value is -1.94. The fourth-order valence-electron chi connectivity index (χ4n) is 2.17. The van der Waals surface area contributed by atoms with Crippen LogP contribution >= 0.6 is 0 Å². The van der Waals surface area contributed by atoms with Crippen LogP contribution in [0.2, 0.25) is 0 Å². The van der Waals surface area contributed by atoms with Gasteiger partial charge in [-0.2, -0.15) is 0 Å². The number of aromatic hydroxyl groups is 1. The monoisotopic (exact) mass is 261 g/mol. The van der Waals surface area contributed by atoms with Crippen molar-refractivity contribution in [1.82, 2.24) is 4.90 Å². The van der Waals surface area contributed by atoms with Crippen LogP contribution < -0.4 is 9.47 Å². The largest absolute Gasteiger partial charge is 0.507 e. The molecule has 4 heteroatoms. The lowest BCUT2D eigenvalue weighted by Gasteiger charge is -2.16. The molecule has 2 aromatic carbocycles. The summed E-state index contributed by atoms with van der Waals surface area (Å²) in [6.07, 6.45) is 0. The molecule has 2 rings (SSSR count). The Kier molecular flexibility index (Phi) is 3.81. The van der Waals surface area contributed by atoms with Crippen molar-refractivity contribution in [2.75, 3.05) is 28.3 Å². The van der Waals surface area contributed by atoms with Crippen LogP contribution in [-0.4, -0.2) is 38.3 Å². The third-order valence-electron chi connectivity index (χ3n) is 3.06. The summed E-state index contributed by atoms with van der Waals surface area (Å²) < 4.78 is 10.6. The van der Waals surface area contributed by atoms with Crippen LogP contribution in [0.5, 0.6) is 17.2 Å². The summed E-state index contributed by atoms with van der Waals surface area (Å²) in [5.41, 5.74) is 0.836. The zero-order chi connectivity index (χ0) is 14.0. The predicted molar refractivity (Wildman–Crippen MR) is 76.1 cm³/mol. The molecule has 0 fully saturated rings. The Bertz CT molecular complexity index is 593. The molecule has 0 aliphatic carbocycles. The number of benzene rings is 2. The van der Waals surface area contributed by atoms with Gasteiger partial charge in [0.1, 0.15) is 17.2 Å². The molecule has 0 radical (unpaired) electrons. The summed E-state index contributed by atoms with van der Waals surface area (Å²) in [6.45, 7) is 0.648. The smallest absolute Gasteiger partial charge is 0.128 e. The number of phenolic OH excluding ortho intramolecular Hbond substituents is 1. The maximum absolute atomic E-state index is 10.4. The molecular weight excluding hydrogens is 242 g/mol. The second kappa shape index (κ2) is 5.36. The summed E-state index contributed by atoms with van der Waals surface area (Å²) in [7, 11) is 7.16. The lowest BCUT2D eigenvalue weighted by Crippen LogP contribution is -2.11. The Balaban J connectivity index is 2.69. The van der Waals surface area contributed by atoms with Gasteiger partial charge in [0.25, 0.3) is 0 Å². The number of methoxy groups -OCH3 is 2. The molecule has 0 spiro atoms. The summed E-state index contributed by atoms with van der Waals surface area (Å²) in [6, 6.07) is 7.46. The van der Waals surface area contributed by atoms with E-state index in [1.54, 1.807) is 14.2 Å². The van der Waals surface area contributed by atoms with Gasteiger partial charge < -0.3 is 19.5 Å². The van der Waals surface area contributed by atoms with E-state index in [0.29, 0.717) is 12.3 Å². The van der Waals surface area contributed by atoms with Gasteiger partial charge in [0.2, 0.25) is 0 Å². The van der Waals surface area contributed by atoms with Crippen molar-refractivity contribution in [2.45, 2.75) is 6.54 Å². The number of phenols is 1. The fraction of sp³-hybridized carbons (Fsp3) is 0.333. The number of hydrogen-bond acceptors (Lipinski definition) is 4. The minimum Gasteiger partial charge on any atom is -0.507 e. The highest BCUT2D eigenvalue weighted by Gasteiger charge is 2.13. The van der Waals surface area contributed by atoms with Gasteiger partial charge >= 0.3 is 0 Å². The highest BCUT2D eigenvalue weighted by molar-refractivity contribution is 5.95. The fourth-order valence-corrected chi connectivity index (χ4v) is 2.17. The zero-order valence-corrected chi connectivity index (χ0v) is 11.7. The van der Waals surface area contributed by atoms with E-state index in [-0.39, 0.29) is 5.75 Å². The van der Waals surface area contributed by atoms with Gasteiger partial charge in [-0.15, -0.1) is 0 Å². The van der Waals surface area contributed by atoms with Crippen LogP contribution in [0.1, 0.15) is 5.56 Å². The number of rotatable bonds is 4.